The number of anilines is 1. The van der Waals surface area contributed by atoms with E-state index in [9.17, 15) is 9.59 Å². The lowest BCUT2D eigenvalue weighted by Gasteiger charge is -2.13. The second-order valence-electron chi connectivity index (χ2n) is 6.46. The highest BCUT2D eigenvalue weighted by Crippen LogP contribution is 2.28. The highest BCUT2D eigenvalue weighted by Gasteiger charge is 2.36. The number of aromatic nitrogens is 4. The van der Waals surface area contributed by atoms with Crippen LogP contribution in [0.2, 0.25) is 0 Å². The summed E-state index contributed by atoms with van der Waals surface area (Å²) in [5, 5.41) is 16.6. The lowest BCUT2D eigenvalue weighted by molar-refractivity contribution is -0.126. The smallest absolute Gasteiger partial charge is 0.229 e. The maximum Gasteiger partial charge on any atom is 0.229 e. The predicted molar refractivity (Wildman–Crippen MR) is 100 cm³/mol. The number of nitrogens with one attached hydrogen (secondary N) is 1. The van der Waals surface area contributed by atoms with Crippen molar-refractivity contribution in [3.05, 3.63) is 22.5 Å². The van der Waals surface area contributed by atoms with E-state index >= 15 is 0 Å². The summed E-state index contributed by atoms with van der Waals surface area (Å²) in [5.41, 5.74) is 2.01. The average molecular weight is 392 g/mol. The fourth-order valence-corrected chi connectivity index (χ4v) is 3.80. The van der Waals surface area contributed by atoms with Gasteiger partial charge in [-0.1, -0.05) is 11.3 Å². The van der Waals surface area contributed by atoms with Crippen molar-refractivity contribution in [1.29, 1.82) is 0 Å². The van der Waals surface area contributed by atoms with Crippen LogP contribution in [0.3, 0.4) is 0 Å². The summed E-state index contributed by atoms with van der Waals surface area (Å²) in [5.74, 6) is -0.601. The number of carbonyl (C=O) groups excluding carboxylic acids is 2. The summed E-state index contributed by atoms with van der Waals surface area (Å²) >= 11 is 1.32. The molecule has 0 bridgehead atoms. The van der Waals surface area contributed by atoms with Gasteiger partial charge in [-0.15, -0.1) is 10.2 Å². The third-order valence-electron chi connectivity index (χ3n) is 4.34. The third kappa shape index (κ3) is 4.69. The van der Waals surface area contributed by atoms with Gasteiger partial charge in [-0.3, -0.25) is 19.2 Å². The highest BCUT2D eigenvalue weighted by atomic mass is 32.1. The van der Waals surface area contributed by atoms with E-state index in [4.69, 9.17) is 4.74 Å². The number of rotatable bonds is 8. The molecular weight excluding hydrogens is 368 g/mol. The van der Waals surface area contributed by atoms with E-state index in [0.29, 0.717) is 38.0 Å². The summed E-state index contributed by atoms with van der Waals surface area (Å²) < 4.78 is 7.17. The number of hydrogen-bond donors (Lipinski definition) is 1. The zero-order chi connectivity index (χ0) is 19.4. The summed E-state index contributed by atoms with van der Waals surface area (Å²) in [4.78, 5) is 26.3. The van der Waals surface area contributed by atoms with Gasteiger partial charge in [-0.2, -0.15) is 5.10 Å². The first kappa shape index (κ1) is 19.4. The van der Waals surface area contributed by atoms with Crippen LogP contribution in [0.15, 0.2) is 6.07 Å². The molecule has 1 aliphatic rings. The zero-order valence-electron chi connectivity index (χ0n) is 15.8. The highest BCUT2D eigenvalue weighted by molar-refractivity contribution is 7.15. The Kier molecular flexibility index (Phi) is 6.17. The molecule has 1 atom stereocenters. The predicted octanol–water partition coefficient (Wildman–Crippen LogP) is 1.06. The van der Waals surface area contributed by atoms with Crippen LogP contribution in [0.1, 0.15) is 29.7 Å². The Morgan fingerprint density at radius 1 is 1.41 bits per heavy atom. The Morgan fingerprint density at radius 3 is 2.93 bits per heavy atom. The van der Waals surface area contributed by atoms with Crippen LogP contribution in [-0.4, -0.2) is 51.5 Å². The van der Waals surface area contributed by atoms with Crippen molar-refractivity contribution in [2.24, 2.45) is 5.92 Å². The van der Waals surface area contributed by atoms with Crippen LogP contribution in [0.25, 0.3) is 0 Å². The zero-order valence-corrected chi connectivity index (χ0v) is 16.6. The standard InChI is InChI=1S/C17H24N6O3S/c1-4-26-10-14-19-20-17(27-14)22-9-13(8-15(22)24)16(25)18-5-6-23-12(3)7-11(2)21-23/h7,13H,4-6,8-10H2,1-3H3,(H,18,25). The van der Waals surface area contributed by atoms with Gasteiger partial charge >= 0.3 is 0 Å². The third-order valence-corrected chi connectivity index (χ3v) is 5.26. The lowest BCUT2D eigenvalue weighted by atomic mass is 10.1. The minimum absolute atomic E-state index is 0.104. The SMILES string of the molecule is CCOCc1nnc(N2CC(C(=O)NCCn3nc(C)cc3C)CC2=O)s1. The van der Waals surface area contributed by atoms with Crippen molar-refractivity contribution in [2.45, 2.75) is 40.3 Å². The van der Waals surface area contributed by atoms with Gasteiger partial charge in [0.1, 0.15) is 11.6 Å². The number of amides is 2. The lowest BCUT2D eigenvalue weighted by Crippen LogP contribution is -2.35. The van der Waals surface area contributed by atoms with Gasteiger partial charge in [0, 0.05) is 31.8 Å². The largest absolute Gasteiger partial charge is 0.374 e. The Morgan fingerprint density at radius 2 is 2.22 bits per heavy atom. The molecule has 1 saturated heterocycles. The fourth-order valence-electron chi connectivity index (χ4n) is 3.00. The van der Waals surface area contributed by atoms with Crippen molar-refractivity contribution >= 4 is 28.3 Å². The topological polar surface area (TPSA) is 102 Å². The van der Waals surface area contributed by atoms with Crippen LogP contribution < -0.4 is 10.2 Å². The normalized spacial score (nSPS) is 16.9. The van der Waals surface area contributed by atoms with Crippen LogP contribution in [-0.2, 0) is 27.5 Å². The molecule has 3 heterocycles. The Balaban J connectivity index is 1.51. The number of aryl methyl sites for hydroxylation is 2. The van der Waals surface area contributed by atoms with Gasteiger partial charge in [0.15, 0.2) is 0 Å². The van der Waals surface area contributed by atoms with Gasteiger partial charge in [-0.05, 0) is 26.8 Å². The molecule has 1 fully saturated rings. The van der Waals surface area contributed by atoms with Gasteiger partial charge in [0.2, 0.25) is 16.9 Å². The van der Waals surface area contributed by atoms with E-state index in [1.54, 1.807) is 4.90 Å². The Labute approximate surface area is 161 Å². The average Bonchev–Trinajstić information content (AvgIpc) is 3.32. The summed E-state index contributed by atoms with van der Waals surface area (Å²) in [6, 6.07) is 2.00. The number of ether oxygens (including phenoxy) is 1. The van der Waals surface area contributed by atoms with Gasteiger partial charge < -0.3 is 10.1 Å². The summed E-state index contributed by atoms with van der Waals surface area (Å²) in [6.45, 7) is 8.21. The van der Waals surface area contributed by atoms with Crippen LogP contribution in [0.5, 0.6) is 0 Å². The van der Waals surface area contributed by atoms with Crippen LogP contribution in [0.4, 0.5) is 5.13 Å². The quantitative estimate of drug-likeness (QED) is 0.721. The Bertz CT molecular complexity index is 817. The summed E-state index contributed by atoms with van der Waals surface area (Å²) in [7, 11) is 0. The molecule has 27 heavy (non-hydrogen) atoms. The van der Waals surface area contributed by atoms with Gasteiger partial charge in [-0.25, -0.2) is 0 Å². The minimum Gasteiger partial charge on any atom is -0.374 e. The van der Waals surface area contributed by atoms with Crippen molar-refractivity contribution < 1.29 is 14.3 Å². The van der Waals surface area contributed by atoms with E-state index < -0.39 is 0 Å². The van der Waals surface area contributed by atoms with Crippen molar-refractivity contribution in [3.63, 3.8) is 0 Å². The molecule has 1 unspecified atom stereocenters. The molecule has 0 radical (unpaired) electrons. The summed E-state index contributed by atoms with van der Waals surface area (Å²) in [6.07, 6.45) is 0.187. The fraction of sp³-hybridized carbons (Fsp3) is 0.588. The molecule has 2 amide bonds. The van der Waals surface area contributed by atoms with Crippen molar-refractivity contribution in [2.75, 3.05) is 24.6 Å². The maximum absolute atomic E-state index is 12.4. The molecule has 9 nitrogen and oxygen atoms in total. The first-order valence-corrected chi connectivity index (χ1v) is 9.78. The monoisotopic (exact) mass is 392 g/mol. The molecule has 0 aromatic carbocycles. The second kappa shape index (κ2) is 8.57. The van der Waals surface area contributed by atoms with Crippen LogP contribution in [0, 0.1) is 19.8 Å². The van der Waals surface area contributed by atoms with E-state index in [1.165, 1.54) is 11.3 Å². The van der Waals surface area contributed by atoms with Crippen molar-refractivity contribution in [3.8, 4) is 0 Å². The van der Waals surface area contributed by atoms with Crippen LogP contribution >= 0.6 is 11.3 Å². The van der Waals surface area contributed by atoms with Crippen molar-refractivity contribution in [1.82, 2.24) is 25.3 Å². The Hall–Kier alpha value is -2.33. The second-order valence-corrected chi connectivity index (χ2v) is 7.50. The first-order chi connectivity index (χ1) is 13.0. The molecule has 0 spiro atoms. The molecular formula is C17H24N6O3S. The molecule has 3 rings (SSSR count). The maximum atomic E-state index is 12.4. The van der Waals surface area contributed by atoms with E-state index in [-0.39, 0.29) is 24.2 Å². The molecule has 2 aromatic heterocycles. The molecule has 10 heteroatoms. The van der Waals surface area contributed by atoms with E-state index in [0.717, 1.165) is 16.4 Å². The van der Waals surface area contributed by atoms with Gasteiger partial charge in [0.25, 0.3) is 0 Å². The van der Waals surface area contributed by atoms with E-state index in [2.05, 4.69) is 20.6 Å². The number of hydrogen-bond acceptors (Lipinski definition) is 7. The van der Waals surface area contributed by atoms with E-state index in [1.807, 2.05) is 31.5 Å². The first-order valence-electron chi connectivity index (χ1n) is 8.97. The minimum atomic E-state index is -0.378. The molecule has 146 valence electrons. The number of carbonyl (C=O) groups is 2. The van der Waals surface area contributed by atoms with Gasteiger partial charge in [0.05, 0.1) is 18.2 Å². The molecule has 1 N–H and O–H groups in total. The molecule has 2 aromatic rings. The molecule has 0 aliphatic carbocycles. The molecule has 0 saturated carbocycles. The molecule has 1 aliphatic heterocycles. The number of nitrogens with zero attached hydrogens (tertiary/aromatic N) is 5.